The van der Waals surface area contributed by atoms with Crippen LogP contribution in [0.4, 0.5) is 0 Å². The Morgan fingerprint density at radius 2 is 1.81 bits per heavy atom. The first kappa shape index (κ1) is 19.4. The highest BCUT2D eigenvalue weighted by atomic mass is 32.2. The first-order valence-electron chi connectivity index (χ1n) is 9.29. The summed E-state index contributed by atoms with van der Waals surface area (Å²) in [6, 6.07) is 16.2. The lowest BCUT2D eigenvalue weighted by Gasteiger charge is -2.17. The summed E-state index contributed by atoms with van der Waals surface area (Å²) >= 11 is 0. The van der Waals surface area contributed by atoms with Crippen LogP contribution in [-0.2, 0) is 21.1 Å². The summed E-state index contributed by atoms with van der Waals surface area (Å²) in [4.78, 5) is 14.6. The van der Waals surface area contributed by atoms with Crippen LogP contribution < -0.4 is 4.74 Å². The van der Waals surface area contributed by atoms with Gasteiger partial charge in [-0.3, -0.25) is 4.79 Å². The lowest BCUT2D eigenvalue weighted by atomic mass is 10.1. The van der Waals surface area contributed by atoms with Gasteiger partial charge in [-0.05, 0) is 43.5 Å². The summed E-state index contributed by atoms with van der Waals surface area (Å²) in [5, 5.41) is -0.528. The van der Waals surface area contributed by atoms with Gasteiger partial charge in [0.1, 0.15) is 5.75 Å². The Labute approximate surface area is 160 Å². The van der Waals surface area contributed by atoms with Crippen LogP contribution in [0.3, 0.4) is 0 Å². The third-order valence-electron chi connectivity index (χ3n) is 4.89. The van der Waals surface area contributed by atoms with Gasteiger partial charge in [-0.1, -0.05) is 36.4 Å². The summed E-state index contributed by atoms with van der Waals surface area (Å²) in [5.41, 5.74) is 1.00. The number of carbonyl (C=O) groups excluding carboxylic acids is 1. The topological polar surface area (TPSA) is 63.7 Å². The van der Waals surface area contributed by atoms with E-state index in [1.54, 1.807) is 35.2 Å². The van der Waals surface area contributed by atoms with Crippen molar-refractivity contribution >= 4 is 15.7 Å². The Morgan fingerprint density at radius 3 is 2.56 bits per heavy atom. The third-order valence-corrected chi connectivity index (χ3v) is 7.08. The lowest BCUT2D eigenvalue weighted by molar-refractivity contribution is -0.130. The van der Waals surface area contributed by atoms with Crippen LogP contribution in [0.2, 0.25) is 0 Å². The molecule has 1 fully saturated rings. The fourth-order valence-electron chi connectivity index (χ4n) is 3.42. The number of nitrogens with zero attached hydrogens (tertiary/aromatic N) is 1. The molecule has 1 atom stereocenters. The Morgan fingerprint density at radius 1 is 1.11 bits per heavy atom. The summed E-state index contributed by atoms with van der Waals surface area (Å²) in [6.07, 6.45) is 1.42. The molecule has 5 nitrogen and oxygen atoms in total. The van der Waals surface area contributed by atoms with Crippen LogP contribution in [-0.4, -0.2) is 44.2 Å². The smallest absolute Gasteiger partial charge is 0.222 e. The van der Waals surface area contributed by atoms with Crippen LogP contribution in [0.1, 0.15) is 25.3 Å². The predicted octanol–water partition coefficient (Wildman–Crippen LogP) is 3.09. The molecule has 2 aromatic carbocycles. The molecule has 1 amide bonds. The molecule has 1 saturated heterocycles. The highest BCUT2D eigenvalue weighted by molar-refractivity contribution is 7.92. The van der Waals surface area contributed by atoms with Gasteiger partial charge in [0.25, 0.3) is 0 Å². The molecule has 0 saturated carbocycles. The molecule has 27 heavy (non-hydrogen) atoms. The van der Waals surface area contributed by atoms with E-state index < -0.39 is 15.1 Å². The molecule has 0 radical (unpaired) electrons. The maximum absolute atomic E-state index is 12.7. The van der Waals surface area contributed by atoms with Crippen molar-refractivity contribution < 1.29 is 17.9 Å². The average molecular weight is 388 g/mol. The number of benzene rings is 2. The molecule has 0 N–H and O–H groups in total. The Bertz CT molecular complexity index is 880. The molecule has 0 bridgehead atoms. The number of hydrogen-bond acceptors (Lipinski definition) is 4. The van der Waals surface area contributed by atoms with Crippen LogP contribution >= 0.6 is 0 Å². The second kappa shape index (κ2) is 8.57. The van der Waals surface area contributed by atoms with Crippen molar-refractivity contribution in [3.05, 3.63) is 60.2 Å². The van der Waals surface area contributed by atoms with Crippen LogP contribution in [0.5, 0.6) is 5.75 Å². The number of rotatable bonds is 7. The van der Waals surface area contributed by atoms with Gasteiger partial charge in [-0.2, -0.15) is 0 Å². The Balaban J connectivity index is 1.60. The first-order chi connectivity index (χ1) is 13.0. The van der Waals surface area contributed by atoms with E-state index in [9.17, 15) is 13.2 Å². The van der Waals surface area contributed by atoms with E-state index in [2.05, 4.69) is 0 Å². The molecular weight excluding hydrogens is 362 g/mol. The molecule has 0 aromatic heterocycles. The molecule has 144 valence electrons. The van der Waals surface area contributed by atoms with Crippen molar-refractivity contribution in [1.29, 1.82) is 0 Å². The Hall–Kier alpha value is -2.34. The average Bonchev–Trinajstić information content (AvgIpc) is 3.19. The first-order valence-corrected chi connectivity index (χ1v) is 10.8. The number of amides is 1. The number of para-hydroxylation sites is 1. The van der Waals surface area contributed by atoms with Crippen molar-refractivity contribution in [2.24, 2.45) is 0 Å². The molecule has 0 aliphatic carbocycles. The van der Waals surface area contributed by atoms with Crippen LogP contribution in [0.25, 0.3) is 0 Å². The summed E-state index contributed by atoms with van der Waals surface area (Å²) in [5.74, 6) is 0.797. The van der Waals surface area contributed by atoms with Gasteiger partial charge >= 0.3 is 0 Å². The number of ether oxygens (including phenoxy) is 1. The monoisotopic (exact) mass is 387 g/mol. The lowest BCUT2D eigenvalue weighted by Crippen LogP contribution is -2.32. The van der Waals surface area contributed by atoms with Crippen molar-refractivity contribution in [2.75, 3.05) is 19.7 Å². The summed E-state index contributed by atoms with van der Waals surface area (Å²) < 4.78 is 31.1. The second-order valence-corrected chi connectivity index (χ2v) is 8.88. The van der Waals surface area contributed by atoms with E-state index >= 15 is 0 Å². The van der Waals surface area contributed by atoms with Gasteiger partial charge < -0.3 is 9.64 Å². The number of likely N-dealkylation sites (tertiary alicyclic amines) is 1. The molecule has 1 aliphatic heterocycles. The molecule has 1 aliphatic rings. The molecule has 3 rings (SSSR count). The number of carbonyl (C=O) groups is 1. The van der Waals surface area contributed by atoms with Crippen molar-refractivity contribution in [2.45, 2.75) is 36.3 Å². The SMILES string of the molecule is CCOc1ccccc1CCC(=O)N1CCC(S(=O)(=O)c2ccccc2)C1. The summed E-state index contributed by atoms with van der Waals surface area (Å²) in [7, 11) is -3.40. The summed E-state index contributed by atoms with van der Waals surface area (Å²) in [6.45, 7) is 3.27. The van der Waals surface area contributed by atoms with Gasteiger partial charge in [-0.25, -0.2) is 8.42 Å². The number of sulfone groups is 1. The molecular formula is C21H25NO4S. The minimum atomic E-state index is -3.40. The van der Waals surface area contributed by atoms with Crippen LogP contribution in [0.15, 0.2) is 59.5 Å². The van der Waals surface area contributed by atoms with E-state index in [1.165, 1.54) is 0 Å². The molecule has 2 aromatic rings. The zero-order valence-electron chi connectivity index (χ0n) is 15.5. The van der Waals surface area contributed by atoms with Crippen molar-refractivity contribution in [3.8, 4) is 5.75 Å². The van der Waals surface area contributed by atoms with E-state index in [1.807, 2.05) is 31.2 Å². The molecule has 1 heterocycles. The minimum Gasteiger partial charge on any atom is -0.494 e. The van der Waals surface area contributed by atoms with Crippen molar-refractivity contribution in [3.63, 3.8) is 0 Å². The van der Waals surface area contributed by atoms with E-state index in [0.717, 1.165) is 11.3 Å². The standard InChI is InChI=1S/C21H25NO4S/c1-2-26-20-11-7-6-8-17(20)12-13-21(23)22-15-14-19(16-22)27(24,25)18-9-4-3-5-10-18/h3-11,19H,2,12-16H2,1H3. The molecule has 6 heteroatoms. The highest BCUT2D eigenvalue weighted by Crippen LogP contribution is 2.25. The maximum atomic E-state index is 12.7. The van der Waals surface area contributed by atoms with Crippen LogP contribution in [0, 0.1) is 0 Å². The minimum absolute atomic E-state index is 0.00735. The zero-order chi connectivity index (χ0) is 19.3. The Kier molecular flexibility index (Phi) is 6.16. The zero-order valence-corrected chi connectivity index (χ0v) is 16.3. The van der Waals surface area contributed by atoms with E-state index in [4.69, 9.17) is 4.74 Å². The number of hydrogen-bond donors (Lipinski definition) is 0. The predicted molar refractivity (Wildman–Crippen MR) is 105 cm³/mol. The molecule has 0 spiro atoms. The number of aryl methyl sites for hydroxylation is 1. The largest absolute Gasteiger partial charge is 0.494 e. The van der Waals surface area contributed by atoms with Gasteiger partial charge in [0.2, 0.25) is 5.91 Å². The van der Waals surface area contributed by atoms with E-state index in [0.29, 0.717) is 37.3 Å². The van der Waals surface area contributed by atoms with Gasteiger partial charge in [0, 0.05) is 19.5 Å². The van der Waals surface area contributed by atoms with Gasteiger partial charge in [0.05, 0.1) is 16.8 Å². The highest BCUT2D eigenvalue weighted by Gasteiger charge is 2.35. The fourth-order valence-corrected chi connectivity index (χ4v) is 5.13. The maximum Gasteiger partial charge on any atom is 0.222 e. The van der Waals surface area contributed by atoms with E-state index in [-0.39, 0.29) is 12.5 Å². The molecule has 1 unspecified atom stereocenters. The second-order valence-electron chi connectivity index (χ2n) is 6.65. The third kappa shape index (κ3) is 4.50. The quantitative estimate of drug-likeness (QED) is 0.732. The van der Waals surface area contributed by atoms with Gasteiger partial charge in [-0.15, -0.1) is 0 Å². The normalized spacial score (nSPS) is 17.1. The van der Waals surface area contributed by atoms with Gasteiger partial charge in [0.15, 0.2) is 9.84 Å². The van der Waals surface area contributed by atoms with Crippen molar-refractivity contribution in [1.82, 2.24) is 4.90 Å². The fraction of sp³-hybridized carbons (Fsp3) is 0.381.